The second-order valence-corrected chi connectivity index (χ2v) is 3.93. The lowest BCUT2D eigenvalue weighted by Gasteiger charge is -2.06. The number of rotatable bonds is 3. The highest BCUT2D eigenvalue weighted by Gasteiger charge is 2.15. The number of imidazole rings is 1. The van der Waals surface area contributed by atoms with Gasteiger partial charge < -0.3 is 10.8 Å². The lowest BCUT2D eigenvalue weighted by Crippen LogP contribution is -2.12. The minimum absolute atomic E-state index is 0.0536. The van der Waals surface area contributed by atoms with E-state index in [1.807, 2.05) is 10.6 Å². The van der Waals surface area contributed by atoms with Crippen LogP contribution in [0, 0.1) is 0 Å². The van der Waals surface area contributed by atoms with Gasteiger partial charge in [-0.1, -0.05) is 0 Å². The molecule has 2 heterocycles. The number of hydrogen-bond acceptors (Lipinski definition) is 4. The first-order valence-electron chi connectivity index (χ1n) is 4.58. The molecule has 0 amide bonds. The maximum atomic E-state index is 8.83. The molecule has 2 aromatic heterocycles. The van der Waals surface area contributed by atoms with Gasteiger partial charge in [-0.3, -0.25) is 9.38 Å². The Morgan fingerprint density at radius 3 is 3.13 bits per heavy atom. The average molecular weight is 271 g/mol. The molecule has 1 atom stereocenters. The maximum absolute atomic E-state index is 8.83. The summed E-state index contributed by atoms with van der Waals surface area (Å²) >= 11 is 3.34. The summed E-state index contributed by atoms with van der Waals surface area (Å²) in [5.41, 5.74) is 7.52. The first kappa shape index (κ1) is 10.5. The van der Waals surface area contributed by atoms with Crippen molar-refractivity contribution in [3.05, 3.63) is 29.0 Å². The Labute approximate surface area is 95.1 Å². The van der Waals surface area contributed by atoms with Gasteiger partial charge in [0.05, 0.1) is 23.4 Å². The standard InChI is InChI=1S/C9H11BrN4O/c10-9-13-8(6(11)1-4-15)7-5-12-2-3-14(7)9/h2-3,5-6,15H,1,4,11H2. The highest BCUT2D eigenvalue weighted by Crippen LogP contribution is 2.22. The van der Waals surface area contributed by atoms with Crippen LogP contribution in [-0.4, -0.2) is 26.1 Å². The molecular weight excluding hydrogens is 260 g/mol. The Balaban J connectivity index is 2.52. The van der Waals surface area contributed by atoms with Crippen molar-refractivity contribution in [2.24, 2.45) is 5.73 Å². The van der Waals surface area contributed by atoms with Crippen LogP contribution in [0.4, 0.5) is 0 Å². The van der Waals surface area contributed by atoms with E-state index >= 15 is 0 Å². The molecule has 2 aromatic rings. The summed E-state index contributed by atoms with van der Waals surface area (Å²) in [7, 11) is 0. The highest BCUT2D eigenvalue weighted by molar-refractivity contribution is 9.10. The minimum atomic E-state index is -0.263. The minimum Gasteiger partial charge on any atom is -0.396 e. The Bertz CT molecular complexity index is 470. The van der Waals surface area contributed by atoms with Crippen molar-refractivity contribution in [2.75, 3.05) is 6.61 Å². The second kappa shape index (κ2) is 4.26. The Morgan fingerprint density at radius 1 is 1.60 bits per heavy atom. The number of nitrogens with two attached hydrogens (primary N) is 1. The molecule has 0 bridgehead atoms. The zero-order chi connectivity index (χ0) is 10.8. The van der Waals surface area contributed by atoms with Crippen LogP contribution in [0.1, 0.15) is 18.2 Å². The van der Waals surface area contributed by atoms with Gasteiger partial charge in [-0.05, 0) is 22.4 Å². The van der Waals surface area contributed by atoms with Crippen molar-refractivity contribution in [3.8, 4) is 0 Å². The van der Waals surface area contributed by atoms with Crippen molar-refractivity contribution in [1.29, 1.82) is 0 Å². The molecular formula is C9H11BrN4O. The van der Waals surface area contributed by atoms with Crippen molar-refractivity contribution in [2.45, 2.75) is 12.5 Å². The third-order valence-corrected chi connectivity index (χ3v) is 2.78. The Kier molecular flexibility index (Phi) is 2.99. The van der Waals surface area contributed by atoms with E-state index in [9.17, 15) is 0 Å². The molecule has 0 radical (unpaired) electrons. The third-order valence-electron chi connectivity index (χ3n) is 2.22. The first-order chi connectivity index (χ1) is 7.24. The molecule has 0 aliphatic heterocycles. The van der Waals surface area contributed by atoms with Gasteiger partial charge in [0.15, 0.2) is 4.73 Å². The second-order valence-electron chi connectivity index (χ2n) is 3.22. The predicted molar refractivity (Wildman–Crippen MR) is 59.3 cm³/mol. The first-order valence-corrected chi connectivity index (χ1v) is 5.37. The van der Waals surface area contributed by atoms with Crippen LogP contribution in [0.5, 0.6) is 0 Å². The molecule has 0 aromatic carbocycles. The number of fused-ring (bicyclic) bond motifs is 1. The third kappa shape index (κ3) is 1.88. The van der Waals surface area contributed by atoms with Crippen LogP contribution in [0.3, 0.4) is 0 Å². The molecule has 0 saturated heterocycles. The lowest BCUT2D eigenvalue weighted by molar-refractivity contribution is 0.276. The van der Waals surface area contributed by atoms with Gasteiger partial charge in [0.25, 0.3) is 0 Å². The van der Waals surface area contributed by atoms with Crippen molar-refractivity contribution >= 4 is 21.4 Å². The molecule has 0 aliphatic rings. The molecule has 0 aliphatic carbocycles. The van der Waals surface area contributed by atoms with Gasteiger partial charge in [-0.15, -0.1) is 0 Å². The van der Waals surface area contributed by atoms with E-state index in [-0.39, 0.29) is 12.6 Å². The van der Waals surface area contributed by atoms with Crippen LogP contribution in [0.15, 0.2) is 23.3 Å². The number of aliphatic hydroxyl groups excluding tert-OH is 1. The van der Waals surface area contributed by atoms with Crippen LogP contribution in [0.2, 0.25) is 0 Å². The van der Waals surface area contributed by atoms with Gasteiger partial charge in [-0.2, -0.15) is 0 Å². The van der Waals surface area contributed by atoms with E-state index in [1.54, 1.807) is 12.4 Å². The maximum Gasteiger partial charge on any atom is 0.182 e. The van der Waals surface area contributed by atoms with Gasteiger partial charge in [0.1, 0.15) is 0 Å². The SMILES string of the molecule is NC(CCO)c1nc(Br)n2ccncc12. The Morgan fingerprint density at radius 2 is 2.40 bits per heavy atom. The molecule has 80 valence electrons. The molecule has 0 fully saturated rings. The molecule has 0 spiro atoms. The zero-order valence-corrected chi connectivity index (χ0v) is 9.55. The van der Waals surface area contributed by atoms with Gasteiger partial charge >= 0.3 is 0 Å². The summed E-state index contributed by atoms with van der Waals surface area (Å²) in [5, 5.41) is 8.83. The normalized spacial score (nSPS) is 13.3. The van der Waals surface area contributed by atoms with Crippen LogP contribution >= 0.6 is 15.9 Å². The van der Waals surface area contributed by atoms with Gasteiger partial charge in [0.2, 0.25) is 0 Å². The molecule has 2 rings (SSSR count). The fraction of sp³-hybridized carbons (Fsp3) is 0.333. The summed E-state index contributed by atoms with van der Waals surface area (Å²) in [4.78, 5) is 8.34. The van der Waals surface area contributed by atoms with Crippen LogP contribution < -0.4 is 5.73 Å². The van der Waals surface area contributed by atoms with E-state index in [0.717, 1.165) is 11.2 Å². The van der Waals surface area contributed by atoms with Crippen molar-refractivity contribution < 1.29 is 5.11 Å². The summed E-state index contributed by atoms with van der Waals surface area (Å²) in [6.07, 6.45) is 5.70. The summed E-state index contributed by atoms with van der Waals surface area (Å²) in [5.74, 6) is 0. The molecule has 5 nitrogen and oxygen atoms in total. The molecule has 15 heavy (non-hydrogen) atoms. The van der Waals surface area contributed by atoms with Crippen molar-refractivity contribution in [3.63, 3.8) is 0 Å². The number of nitrogens with zero attached hydrogens (tertiary/aromatic N) is 3. The van der Waals surface area contributed by atoms with E-state index in [1.165, 1.54) is 0 Å². The van der Waals surface area contributed by atoms with E-state index in [0.29, 0.717) is 11.2 Å². The van der Waals surface area contributed by atoms with Gasteiger partial charge in [0, 0.05) is 19.0 Å². The molecule has 3 N–H and O–H groups in total. The Hall–Kier alpha value is -0.980. The smallest absolute Gasteiger partial charge is 0.182 e. The molecule has 0 saturated carbocycles. The topological polar surface area (TPSA) is 76.4 Å². The summed E-state index contributed by atoms with van der Waals surface area (Å²) in [6.45, 7) is 0.0536. The number of aromatic nitrogens is 3. The number of halogens is 1. The summed E-state index contributed by atoms with van der Waals surface area (Å²) in [6, 6.07) is -0.263. The van der Waals surface area contributed by atoms with E-state index in [2.05, 4.69) is 25.9 Å². The largest absolute Gasteiger partial charge is 0.396 e. The van der Waals surface area contributed by atoms with Gasteiger partial charge in [-0.25, -0.2) is 4.98 Å². The van der Waals surface area contributed by atoms with E-state index < -0.39 is 0 Å². The van der Waals surface area contributed by atoms with Crippen LogP contribution in [0.25, 0.3) is 5.52 Å². The van der Waals surface area contributed by atoms with Crippen molar-refractivity contribution in [1.82, 2.24) is 14.4 Å². The molecule has 6 heteroatoms. The zero-order valence-electron chi connectivity index (χ0n) is 7.97. The molecule has 1 unspecified atom stereocenters. The van der Waals surface area contributed by atoms with E-state index in [4.69, 9.17) is 10.8 Å². The number of aliphatic hydroxyl groups is 1. The fourth-order valence-electron chi connectivity index (χ4n) is 1.47. The average Bonchev–Trinajstić information content (AvgIpc) is 2.58. The quantitative estimate of drug-likeness (QED) is 0.868. The monoisotopic (exact) mass is 270 g/mol. The number of hydrogen-bond donors (Lipinski definition) is 2. The van der Waals surface area contributed by atoms with Crippen LogP contribution in [-0.2, 0) is 0 Å². The fourth-order valence-corrected chi connectivity index (χ4v) is 1.97. The summed E-state index contributed by atoms with van der Waals surface area (Å²) < 4.78 is 2.56. The lowest BCUT2D eigenvalue weighted by atomic mass is 10.1. The highest BCUT2D eigenvalue weighted by atomic mass is 79.9. The predicted octanol–water partition coefficient (Wildman–Crippen LogP) is 0.874.